The molecule has 1 aliphatic rings. The van der Waals surface area contributed by atoms with Crippen LogP contribution in [0.2, 0.25) is 5.02 Å². The van der Waals surface area contributed by atoms with Gasteiger partial charge in [0.05, 0.1) is 12.3 Å². The lowest BCUT2D eigenvalue weighted by Crippen LogP contribution is -2.48. The highest BCUT2D eigenvalue weighted by molar-refractivity contribution is 8.00. The first-order valence-corrected chi connectivity index (χ1v) is 9.29. The molecule has 0 aromatic heterocycles. The third-order valence-corrected chi connectivity index (χ3v) is 5.14. The van der Waals surface area contributed by atoms with Crippen molar-refractivity contribution >= 4 is 41.1 Å². The Hall–Kier alpha value is -2.51. The molecule has 0 radical (unpaired) electrons. The molecule has 134 valence electrons. The second kappa shape index (κ2) is 8.25. The molecule has 1 aliphatic heterocycles. The summed E-state index contributed by atoms with van der Waals surface area (Å²) >= 11 is 7.41. The molecule has 1 saturated heterocycles. The quantitative estimate of drug-likeness (QED) is 0.823. The van der Waals surface area contributed by atoms with Crippen LogP contribution in [0.4, 0.5) is 0 Å². The van der Waals surface area contributed by atoms with Gasteiger partial charge < -0.3 is 5.32 Å². The molecule has 0 spiro atoms. The minimum absolute atomic E-state index is 0.206. The van der Waals surface area contributed by atoms with Crippen LogP contribution in [0.5, 0.6) is 0 Å². The first kappa shape index (κ1) is 18.3. The Kier molecular flexibility index (Phi) is 5.80. The summed E-state index contributed by atoms with van der Waals surface area (Å²) in [5, 5.41) is 4.03. The Morgan fingerprint density at radius 3 is 2.65 bits per heavy atom. The topological polar surface area (TPSA) is 78.5 Å². The number of hydrazine groups is 1. The molecule has 2 aromatic rings. The summed E-state index contributed by atoms with van der Waals surface area (Å²) in [5.41, 5.74) is 3.85. The van der Waals surface area contributed by atoms with Crippen molar-refractivity contribution in [3.63, 3.8) is 0 Å². The van der Waals surface area contributed by atoms with Crippen molar-refractivity contribution in [1.82, 2.24) is 15.8 Å². The van der Waals surface area contributed by atoms with E-state index in [2.05, 4.69) is 10.7 Å². The van der Waals surface area contributed by atoms with E-state index in [9.17, 15) is 14.4 Å². The standard InChI is InChI=1S/C18H16ClN3O3S/c19-14-8-4-7-13(9-14)18-22(16(24)11-26-18)21-15(23)10-20-17(25)12-5-2-1-3-6-12/h1-9,18H,10-11H2,(H,20,25)(H,21,23). The minimum atomic E-state index is -0.475. The molecular formula is C18H16ClN3O3S. The Labute approximate surface area is 159 Å². The van der Waals surface area contributed by atoms with E-state index in [4.69, 9.17) is 11.6 Å². The van der Waals surface area contributed by atoms with Gasteiger partial charge in [0.2, 0.25) is 0 Å². The van der Waals surface area contributed by atoms with Gasteiger partial charge >= 0.3 is 0 Å². The summed E-state index contributed by atoms with van der Waals surface area (Å²) in [6.07, 6.45) is 0. The molecule has 2 aromatic carbocycles. The van der Waals surface area contributed by atoms with E-state index in [-0.39, 0.29) is 29.5 Å². The van der Waals surface area contributed by atoms with E-state index in [0.29, 0.717) is 10.6 Å². The van der Waals surface area contributed by atoms with Crippen LogP contribution < -0.4 is 10.7 Å². The highest BCUT2D eigenvalue weighted by atomic mass is 35.5. The largest absolute Gasteiger partial charge is 0.343 e. The number of benzene rings is 2. The molecule has 0 saturated carbocycles. The number of hydrogen-bond acceptors (Lipinski definition) is 4. The predicted octanol–water partition coefficient (Wildman–Crippen LogP) is 2.38. The van der Waals surface area contributed by atoms with Gasteiger partial charge in [-0.05, 0) is 29.8 Å². The third-order valence-electron chi connectivity index (χ3n) is 3.69. The molecule has 1 atom stereocenters. The number of hydrogen-bond donors (Lipinski definition) is 2. The van der Waals surface area contributed by atoms with Crippen LogP contribution in [0.3, 0.4) is 0 Å². The van der Waals surface area contributed by atoms with Crippen molar-refractivity contribution in [2.75, 3.05) is 12.3 Å². The fourth-order valence-electron chi connectivity index (χ4n) is 2.48. The lowest BCUT2D eigenvalue weighted by Gasteiger charge is -2.24. The van der Waals surface area contributed by atoms with E-state index in [1.807, 2.05) is 6.07 Å². The molecule has 2 N–H and O–H groups in total. The van der Waals surface area contributed by atoms with Gasteiger partial charge in [0.25, 0.3) is 17.7 Å². The van der Waals surface area contributed by atoms with E-state index >= 15 is 0 Å². The van der Waals surface area contributed by atoms with Crippen LogP contribution in [0, 0.1) is 0 Å². The van der Waals surface area contributed by atoms with Gasteiger partial charge in [-0.2, -0.15) is 0 Å². The van der Waals surface area contributed by atoms with Crippen molar-refractivity contribution < 1.29 is 14.4 Å². The molecular weight excluding hydrogens is 374 g/mol. The Bertz CT molecular complexity index is 831. The number of thioether (sulfide) groups is 1. The molecule has 26 heavy (non-hydrogen) atoms. The van der Waals surface area contributed by atoms with Gasteiger partial charge in [0, 0.05) is 10.6 Å². The second-order valence-corrected chi connectivity index (χ2v) is 7.07. The number of carbonyl (C=O) groups excluding carboxylic acids is 3. The zero-order valence-electron chi connectivity index (χ0n) is 13.6. The molecule has 6 nitrogen and oxygen atoms in total. The molecule has 8 heteroatoms. The molecule has 0 aliphatic carbocycles. The zero-order valence-corrected chi connectivity index (χ0v) is 15.2. The SMILES string of the molecule is O=C(CNC(=O)c1ccccc1)NN1C(=O)CSC1c1cccc(Cl)c1. The van der Waals surface area contributed by atoms with Crippen molar-refractivity contribution in [3.05, 3.63) is 70.7 Å². The average Bonchev–Trinajstić information content (AvgIpc) is 3.01. The Balaban J connectivity index is 1.60. The normalized spacial score (nSPS) is 16.4. The van der Waals surface area contributed by atoms with Crippen LogP contribution in [0.1, 0.15) is 21.3 Å². The summed E-state index contributed by atoms with van der Waals surface area (Å²) in [7, 11) is 0. The number of amides is 3. The number of rotatable bonds is 5. The van der Waals surface area contributed by atoms with Gasteiger partial charge in [-0.3, -0.25) is 19.8 Å². The maximum atomic E-state index is 12.2. The van der Waals surface area contributed by atoms with E-state index < -0.39 is 5.91 Å². The van der Waals surface area contributed by atoms with Crippen LogP contribution in [0.25, 0.3) is 0 Å². The predicted molar refractivity (Wildman–Crippen MR) is 100 cm³/mol. The number of nitrogens with one attached hydrogen (secondary N) is 2. The number of nitrogens with zero attached hydrogens (tertiary/aromatic N) is 1. The van der Waals surface area contributed by atoms with Crippen molar-refractivity contribution in [3.8, 4) is 0 Å². The van der Waals surface area contributed by atoms with Gasteiger partial charge in [-0.15, -0.1) is 11.8 Å². The molecule has 1 heterocycles. The fourth-order valence-corrected chi connectivity index (χ4v) is 3.77. The second-order valence-electron chi connectivity index (χ2n) is 5.57. The maximum absolute atomic E-state index is 12.2. The van der Waals surface area contributed by atoms with Crippen molar-refractivity contribution in [1.29, 1.82) is 0 Å². The Morgan fingerprint density at radius 1 is 1.15 bits per heavy atom. The van der Waals surface area contributed by atoms with Crippen molar-refractivity contribution in [2.45, 2.75) is 5.37 Å². The lowest BCUT2D eigenvalue weighted by atomic mass is 10.2. The summed E-state index contributed by atoms with van der Waals surface area (Å²) in [6, 6.07) is 15.7. The van der Waals surface area contributed by atoms with Crippen molar-refractivity contribution in [2.24, 2.45) is 0 Å². The summed E-state index contributed by atoms with van der Waals surface area (Å²) in [5.74, 6) is -0.775. The smallest absolute Gasteiger partial charge is 0.258 e. The minimum Gasteiger partial charge on any atom is -0.343 e. The maximum Gasteiger partial charge on any atom is 0.258 e. The lowest BCUT2D eigenvalue weighted by molar-refractivity contribution is -0.138. The summed E-state index contributed by atoms with van der Waals surface area (Å²) in [4.78, 5) is 36.3. The third kappa shape index (κ3) is 4.36. The Morgan fingerprint density at radius 2 is 1.92 bits per heavy atom. The van der Waals surface area contributed by atoms with Crippen LogP contribution in [0.15, 0.2) is 54.6 Å². The monoisotopic (exact) mass is 389 g/mol. The number of halogens is 1. The molecule has 1 fully saturated rings. The average molecular weight is 390 g/mol. The van der Waals surface area contributed by atoms with Gasteiger partial charge in [-0.1, -0.05) is 41.9 Å². The van der Waals surface area contributed by atoms with E-state index in [1.165, 1.54) is 16.8 Å². The molecule has 3 rings (SSSR count). The molecule has 1 unspecified atom stereocenters. The molecule has 3 amide bonds. The van der Waals surface area contributed by atoms with Crippen LogP contribution >= 0.6 is 23.4 Å². The molecule has 0 bridgehead atoms. The summed E-state index contributed by atoms with van der Waals surface area (Å²) in [6.45, 7) is -0.232. The highest BCUT2D eigenvalue weighted by Crippen LogP contribution is 2.37. The highest BCUT2D eigenvalue weighted by Gasteiger charge is 2.34. The van der Waals surface area contributed by atoms with Crippen LogP contribution in [-0.4, -0.2) is 35.0 Å². The van der Waals surface area contributed by atoms with Gasteiger partial charge in [0.1, 0.15) is 5.37 Å². The van der Waals surface area contributed by atoms with E-state index in [1.54, 1.807) is 48.5 Å². The zero-order chi connectivity index (χ0) is 18.5. The van der Waals surface area contributed by atoms with E-state index in [0.717, 1.165) is 5.56 Å². The first-order valence-electron chi connectivity index (χ1n) is 7.86. The number of carbonyl (C=O) groups is 3. The fraction of sp³-hybridized carbons (Fsp3) is 0.167. The summed E-state index contributed by atoms with van der Waals surface area (Å²) < 4.78 is 0. The first-order chi connectivity index (χ1) is 12.5. The van der Waals surface area contributed by atoms with Gasteiger partial charge in [0.15, 0.2) is 0 Å². The van der Waals surface area contributed by atoms with Gasteiger partial charge in [-0.25, -0.2) is 5.01 Å². The van der Waals surface area contributed by atoms with Crippen LogP contribution in [-0.2, 0) is 9.59 Å².